The summed E-state index contributed by atoms with van der Waals surface area (Å²) in [6.07, 6.45) is 0.0278. The molecule has 1 atom stereocenters. The van der Waals surface area contributed by atoms with Crippen molar-refractivity contribution >= 4 is 35.1 Å². The van der Waals surface area contributed by atoms with Gasteiger partial charge in [-0.3, -0.25) is 14.4 Å². The Bertz CT molecular complexity index is 986. The normalized spacial score (nSPS) is 15.5. The summed E-state index contributed by atoms with van der Waals surface area (Å²) in [5, 5.41) is 2.55. The molecule has 1 saturated heterocycles. The second kappa shape index (κ2) is 9.88. The van der Waals surface area contributed by atoms with Crippen LogP contribution in [0.5, 0.6) is 0 Å². The molecule has 2 aromatic carbocycles. The highest BCUT2D eigenvalue weighted by Crippen LogP contribution is 2.26. The number of esters is 2. The van der Waals surface area contributed by atoms with Crippen molar-refractivity contribution in [3.05, 3.63) is 59.7 Å². The van der Waals surface area contributed by atoms with Crippen LogP contribution in [0, 0.1) is 12.8 Å². The fourth-order valence-electron chi connectivity index (χ4n) is 3.26. The van der Waals surface area contributed by atoms with Crippen LogP contribution in [0.25, 0.3) is 0 Å². The number of para-hydroxylation sites is 1. The quantitative estimate of drug-likeness (QED) is 0.686. The van der Waals surface area contributed by atoms with E-state index < -0.39 is 30.4 Å². The van der Waals surface area contributed by atoms with Crippen LogP contribution in [0.4, 0.5) is 11.4 Å². The molecule has 1 fully saturated rings. The first-order valence-corrected chi connectivity index (χ1v) is 9.98. The highest BCUT2D eigenvalue weighted by Gasteiger charge is 2.36. The summed E-state index contributed by atoms with van der Waals surface area (Å²) in [5.74, 6) is -2.58. The van der Waals surface area contributed by atoms with Gasteiger partial charge in [-0.25, -0.2) is 4.79 Å². The molecule has 8 nitrogen and oxygen atoms in total. The first kappa shape index (κ1) is 22.0. The molecule has 3 rings (SSSR count). The van der Waals surface area contributed by atoms with Gasteiger partial charge in [-0.05, 0) is 38.1 Å². The third-order valence-electron chi connectivity index (χ3n) is 4.85. The van der Waals surface area contributed by atoms with Crippen LogP contribution >= 0.6 is 0 Å². The van der Waals surface area contributed by atoms with Gasteiger partial charge in [0.05, 0.1) is 23.8 Å². The van der Waals surface area contributed by atoms with E-state index >= 15 is 0 Å². The van der Waals surface area contributed by atoms with Gasteiger partial charge in [0, 0.05) is 18.7 Å². The van der Waals surface area contributed by atoms with Gasteiger partial charge in [0.15, 0.2) is 6.61 Å². The number of nitrogens with one attached hydrogen (secondary N) is 1. The number of anilines is 2. The third-order valence-corrected chi connectivity index (χ3v) is 4.85. The van der Waals surface area contributed by atoms with E-state index in [0.717, 1.165) is 11.3 Å². The third kappa shape index (κ3) is 5.48. The monoisotopic (exact) mass is 424 g/mol. The van der Waals surface area contributed by atoms with Gasteiger partial charge in [-0.15, -0.1) is 0 Å². The van der Waals surface area contributed by atoms with Crippen LogP contribution in [-0.2, 0) is 23.9 Å². The molecule has 0 aliphatic carbocycles. The summed E-state index contributed by atoms with van der Waals surface area (Å²) < 4.78 is 10.1. The van der Waals surface area contributed by atoms with Crippen LogP contribution in [0.15, 0.2) is 48.5 Å². The van der Waals surface area contributed by atoms with Crippen LogP contribution in [-0.4, -0.2) is 43.5 Å². The maximum Gasteiger partial charge on any atom is 0.340 e. The maximum absolute atomic E-state index is 12.4. The standard InChI is InChI=1S/C23H24N2O6/c1-3-30-23(29)18-6-4-5-7-19(18)24-20(26)14-31-22(28)16-12-21(27)25(13-16)17-10-8-15(2)9-11-17/h4-11,16H,3,12-14H2,1-2H3,(H,24,26). The highest BCUT2D eigenvalue weighted by atomic mass is 16.5. The lowest BCUT2D eigenvalue weighted by atomic mass is 10.1. The van der Waals surface area contributed by atoms with E-state index in [0.29, 0.717) is 0 Å². The van der Waals surface area contributed by atoms with Crippen molar-refractivity contribution in [1.29, 1.82) is 0 Å². The molecule has 1 unspecified atom stereocenters. The Labute approximate surface area is 180 Å². The number of ether oxygens (including phenoxy) is 2. The van der Waals surface area contributed by atoms with Crippen molar-refractivity contribution in [2.45, 2.75) is 20.3 Å². The molecule has 31 heavy (non-hydrogen) atoms. The summed E-state index contributed by atoms with van der Waals surface area (Å²) in [7, 11) is 0. The van der Waals surface area contributed by atoms with E-state index in [-0.39, 0.29) is 36.7 Å². The number of rotatable bonds is 7. The summed E-state index contributed by atoms with van der Waals surface area (Å²) in [5.41, 5.74) is 2.27. The predicted molar refractivity (Wildman–Crippen MR) is 114 cm³/mol. The number of amides is 2. The van der Waals surface area contributed by atoms with Crippen LogP contribution in [0.2, 0.25) is 0 Å². The van der Waals surface area contributed by atoms with Gasteiger partial charge >= 0.3 is 11.9 Å². The summed E-state index contributed by atoms with van der Waals surface area (Å²) in [6, 6.07) is 13.8. The van der Waals surface area contributed by atoms with Crippen LogP contribution in [0.3, 0.4) is 0 Å². The minimum Gasteiger partial charge on any atom is -0.462 e. The maximum atomic E-state index is 12.4. The zero-order chi connectivity index (χ0) is 22.4. The molecule has 162 valence electrons. The molecule has 8 heteroatoms. The molecule has 0 bridgehead atoms. The largest absolute Gasteiger partial charge is 0.462 e. The van der Waals surface area contributed by atoms with E-state index in [1.54, 1.807) is 30.0 Å². The topological polar surface area (TPSA) is 102 Å². The lowest BCUT2D eigenvalue weighted by Crippen LogP contribution is -2.28. The van der Waals surface area contributed by atoms with Crippen LogP contribution < -0.4 is 10.2 Å². The molecule has 1 N–H and O–H groups in total. The van der Waals surface area contributed by atoms with Gasteiger partial charge in [-0.1, -0.05) is 29.8 Å². The molecule has 0 aromatic heterocycles. The molecule has 1 heterocycles. The molecular formula is C23H24N2O6. The Balaban J connectivity index is 1.54. The van der Waals surface area contributed by atoms with Gasteiger partial charge in [0.2, 0.25) is 5.91 Å². The number of nitrogens with zero attached hydrogens (tertiary/aromatic N) is 1. The van der Waals surface area contributed by atoms with Crippen molar-refractivity contribution < 1.29 is 28.7 Å². The second-order valence-corrected chi connectivity index (χ2v) is 7.16. The molecule has 2 aromatic rings. The minimum atomic E-state index is -0.645. The smallest absolute Gasteiger partial charge is 0.340 e. The Morgan fingerprint density at radius 1 is 1.06 bits per heavy atom. The molecule has 1 aliphatic heterocycles. The van der Waals surface area contributed by atoms with E-state index in [9.17, 15) is 19.2 Å². The van der Waals surface area contributed by atoms with Crippen molar-refractivity contribution in [3.8, 4) is 0 Å². The first-order chi connectivity index (χ1) is 14.9. The molecule has 0 radical (unpaired) electrons. The van der Waals surface area contributed by atoms with E-state index in [4.69, 9.17) is 9.47 Å². The zero-order valence-corrected chi connectivity index (χ0v) is 17.4. The first-order valence-electron chi connectivity index (χ1n) is 9.98. The zero-order valence-electron chi connectivity index (χ0n) is 17.4. The average molecular weight is 424 g/mol. The van der Waals surface area contributed by atoms with Gasteiger partial charge < -0.3 is 19.7 Å². The van der Waals surface area contributed by atoms with Gasteiger partial charge in [0.1, 0.15) is 0 Å². The number of hydrogen-bond acceptors (Lipinski definition) is 6. The van der Waals surface area contributed by atoms with E-state index in [2.05, 4.69) is 5.32 Å². The minimum absolute atomic E-state index is 0.0278. The number of carbonyl (C=O) groups excluding carboxylic acids is 4. The number of hydrogen-bond donors (Lipinski definition) is 1. The fraction of sp³-hybridized carbons (Fsp3) is 0.304. The Morgan fingerprint density at radius 2 is 1.77 bits per heavy atom. The van der Waals surface area contributed by atoms with E-state index in [1.807, 2.05) is 31.2 Å². The summed E-state index contributed by atoms with van der Waals surface area (Å²) in [4.78, 5) is 50.4. The fourth-order valence-corrected chi connectivity index (χ4v) is 3.26. The second-order valence-electron chi connectivity index (χ2n) is 7.16. The van der Waals surface area contributed by atoms with Crippen molar-refractivity contribution in [2.75, 3.05) is 30.0 Å². The molecule has 1 aliphatic rings. The lowest BCUT2D eigenvalue weighted by Gasteiger charge is -2.16. The van der Waals surface area contributed by atoms with Crippen molar-refractivity contribution in [2.24, 2.45) is 5.92 Å². The highest BCUT2D eigenvalue weighted by molar-refractivity contribution is 6.02. The number of benzene rings is 2. The van der Waals surface area contributed by atoms with Gasteiger partial charge in [0.25, 0.3) is 5.91 Å². The molecule has 2 amide bonds. The number of carbonyl (C=O) groups is 4. The SMILES string of the molecule is CCOC(=O)c1ccccc1NC(=O)COC(=O)C1CC(=O)N(c2ccc(C)cc2)C1. The number of aryl methyl sites for hydroxylation is 1. The Morgan fingerprint density at radius 3 is 2.48 bits per heavy atom. The molecular weight excluding hydrogens is 400 g/mol. The predicted octanol–water partition coefficient (Wildman–Crippen LogP) is 2.71. The molecule has 0 spiro atoms. The summed E-state index contributed by atoms with van der Waals surface area (Å²) in [6.45, 7) is 3.52. The average Bonchev–Trinajstić information content (AvgIpc) is 3.15. The molecule has 0 saturated carbocycles. The van der Waals surface area contributed by atoms with Gasteiger partial charge in [-0.2, -0.15) is 0 Å². The lowest BCUT2D eigenvalue weighted by molar-refractivity contribution is -0.151. The van der Waals surface area contributed by atoms with Crippen LogP contribution in [0.1, 0.15) is 29.3 Å². The van der Waals surface area contributed by atoms with Crippen molar-refractivity contribution in [3.63, 3.8) is 0 Å². The summed E-state index contributed by atoms with van der Waals surface area (Å²) >= 11 is 0. The Hall–Kier alpha value is -3.68. The van der Waals surface area contributed by atoms with E-state index in [1.165, 1.54) is 6.07 Å². The van der Waals surface area contributed by atoms with Crippen molar-refractivity contribution in [1.82, 2.24) is 0 Å². The Kier molecular flexibility index (Phi) is 7.02.